The molecule has 2 heterocycles. The molecule has 0 aliphatic carbocycles. The minimum Gasteiger partial charge on any atom is -0.397 e. The number of nitrogens with one attached hydrogen (secondary N) is 1. The number of aromatic nitrogens is 2. The van der Waals surface area contributed by atoms with Crippen LogP contribution in [-0.2, 0) is 0 Å². The van der Waals surface area contributed by atoms with E-state index in [0.717, 1.165) is 31.9 Å². The van der Waals surface area contributed by atoms with E-state index in [1.165, 1.54) is 6.33 Å². The lowest BCUT2D eigenvalue weighted by Gasteiger charge is -2.34. The molecule has 6 heteroatoms. The van der Waals surface area contributed by atoms with Gasteiger partial charge in [-0.15, -0.1) is 0 Å². The molecule has 0 unspecified atom stereocenters. The first-order chi connectivity index (χ1) is 9.15. The Bertz CT molecular complexity index is 658. The van der Waals surface area contributed by atoms with Crippen LogP contribution in [0.3, 0.4) is 0 Å². The van der Waals surface area contributed by atoms with E-state index >= 15 is 0 Å². The molecular weight excluding hydrogens is 242 g/mol. The number of benzene rings is 1. The van der Waals surface area contributed by atoms with Crippen LogP contribution in [0.5, 0.6) is 0 Å². The third kappa shape index (κ3) is 2.15. The number of fused-ring (bicyclic) bond motifs is 1. The van der Waals surface area contributed by atoms with Crippen LogP contribution in [0.1, 0.15) is 0 Å². The van der Waals surface area contributed by atoms with Crippen molar-refractivity contribution in [3.8, 4) is 0 Å². The number of piperazine rings is 1. The van der Waals surface area contributed by atoms with Crippen LogP contribution < -0.4 is 16.2 Å². The predicted molar refractivity (Wildman–Crippen MR) is 76.5 cm³/mol. The number of hydrogen-bond donors (Lipinski definition) is 2. The van der Waals surface area contributed by atoms with Crippen LogP contribution in [0.2, 0.25) is 0 Å². The maximum absolute atomic E-state index is 11.7. The lowest BCUT2D eigenvalue weighted by atomic mass is 10.1. The predicted octanol–water partition coefficient (Wildman–Crippen LogP) is 0.257. The molecule has 0 bridgehead atoms. The van der Waals surface area contributed by atoms with Gasteiger partial charge in [-0.05, 0) is 19.2 Å². The highest BCUT2D eigenvalue weighted by molar-refractivity contribution is 5.88. The van der Waals surface area contributed by atoms with Crippen molar-refractivity contribution in [2.75, 3.05) is 43.9 Å². The van der Waals surface area contributed by atoms with Gasteiger partial charge in [0.2, 0.25) is 0 Å². The van der Waals surface area contributed by atoms with Gasteiger partial charge in [-0.1, -0.05) is 0 Å². The van der Waals surface area contributed by atoms with Crippen molar-refractivity contribution in [3.05, 3.63) is 28.8 Å². The van der Waals surface area contributed by atoms with Gasteiger partial charge in [0.15, 0.2) is 0 Å². The zero-order valence-corrected chi connectivity index (χ0v) is 10.9. The molecular formula is C13H17N5O. The number of H-pyrrole nitrogens is 1. The molecule has 3 N–H and O–H groups in total. The highest BCUT2D eigenvalue weighted by Crippen LogP contribution is 2.27. The fourth-order valence-corrected chi connectivity index (χ4v) is 2.44. The Balaban J connectivity index is 2.05. The average Bonchev–Trinajstić information content (AvgIpc) is 2.40. The van der Waals surface area contributed by atoms with Crippen LogP contribution in [0.4, 0.5) is 11.4 Å². The highest BCUT2D eigenvalue weighted by Gasteiger charge is 2.17. The number of nitrogens with two attached hydrogens (primary N) is 1. The molecule has 1 aliphatic heterocycles. The summed E-state index contributed by atoms with van der Waals surface area (Å²) in [4.78, 5) is 23.0. The van der Waals surface area contributed by atoms with Gasteiger partial charge in [-0.25, -0.2) is 4.98 Å². The smallest absolute Gasteiger partial charge is 0.258 e. The third-order valence-corrected chi connectivity index (χ3v) is 3.63. The van der Waals surface area contributed by atoms with Gasteiger partial charge in [0.1, 0.15) is 0 Å². The van der Waals surface area contributed by atoms with Crippen LogP contribution in [0, 0.1) is 0 Å². The van der Waals surface area contributed by atoms with Gasteiger partial charge in [0.05, 0.1) is 28.6 Å². The molecule has 0 atom stereocenters. The van der Waals surface area contributed by atoms with E-state index in [1.807, 2.05) is 6.07 Å². The monoisotopic (exact) mass is 259 g/mol. The molecule has 1 fully saturated rings. The Morgan fingerprint density at radius 2 is 2.00 bits per heavy atom. The average molecular weight is 259 g/mol. The van der Waals surface area contributed by atoms with Crippen molar-refractivity contribution in [2.45, 2.75) is 0 Å². The van der Waals surface area contributed by atoms with E-state index in [4.69, 9.17) is 5.73 Å². The summed E-state index contributed by atoms with van der Waals surface area (Å²) in [6.45, 7) is 3.91. The molecule has 1 aromatic heterocycles. The topological polar surface area (TPSA) is 78.2 Å². The molecule has 19 heavy (non-hydrogen) atoms. The second-order valence-corrected chi connectivity index (χ2v) is 4.95. The summed E-state index contributed by atoms with van der Waals surface area (Å²) in [5.74, 6) is 0. The quantitative estimate of drug-likeness (QED) is 0.718. The standard InChI is InChI=1S/C13H17N5O/c1-17-2-4-18(5-3-17)12-7-11-9(6-10(12)14)13(19)16-8-15-11/h6-8H,2-5,14H2,1H3,(H,15,16,19). The van der Waals surface area contributed by atoms with Crippen molar-refractivity contribution in [1.82, 2.24) is 14.9 Å². The molecule has 0 amide bonds. The maximum Gasteiger partial charge on any atom is 0.258 e. The van der Waals surface area contributed by atoms with Gasteiger partial charge < -0.3 is 20.5 Å². The van der Waals surface area contributed by atoms with Gasteiger partial charge in [-0.2, -0.15) is 0 Å². The zero-order valence-electron chi connectivity index (χ0n) is 10.9. The molecule has 100 valence electrons. The highest BCUT2D eigenvalue weighted by atomic mass is 16.1. The molecule has 0 radical (unpaired) electrons. The first-order valence-corrected chi connectivity index (χ1v) is 6.35. The normalized spacial score (nSPS) is 17.0. The SMILES string of the molecule is CN1CCN(c2cc3nc[nH]c(=O)c3cc2N)CC1. The third-order valence-electron chi connectivity index (χ3n) is 3.63. The fourth-order valence-electron chi connectivity index (χ4n) is 2.44. The second kappa shape index (κ2) is 4.55. The van der Waals surface area contributed by atoms with Gasteiger partial charge >= 0.3 is 0 Å². The zero-order chi connectivity index (χ0) is 13.4. The first kappa shape index (κ1) is 12.0. The van der Waals surface area contributed by atoms with E-state index in [-0.39, 0.29) is 5.56 Å². The minimum absolute atomic E-state index is 0.151. The summed E-state index contributed by atoms with van der Waals surface area (Å²) in [6, 6.07) is 3.63. The Labute approximate surface area is 110 Å². The van der Waals surface area contributed by atoms with E-state index in [1.54, 1.807) is 6.07 Å². The Hall–Kier alpha value is -2.08. The summed E-state index contributed by atoms with van der Waals surface area (Å²) in [7, 11) is 2.11. The minimum atomic E-state index is -0.151. The van der Waals surface area contributed by atoms with Crippen molar-refractivity contribution >= 4 is 22.3 Å². The fraction of sp³-hybridized carbons (Fsp3) is 0.385. The number of likely N-dealkylation sites (N-methyl/N-ethyl adjacent to an activating group) is 1. The van der Waals surface area contributed by atoms with Crippen LogP contribution in [0.15, 0.2) is 23.3 Å². The van der Waals surface area contributed by atoms with Gasteiger partial charge in [0.25, 0.3) is 5.56 Å². The van der Waals surface area contributed by atoms with Crippen molar-refractivity contribution < 1.29 is 0 Å². The van der Waals surface area contributed by atoms with Crippen LogP contribution >= 0.6 is 0 Å². The number of nitrogens with zero attached hydrogens (tertiary/aromatic N) is 3. The summed E-state index contributed by atoms with van der Waals surface area (Å²) in [5, 5.41) is 0.540. The summed E-state index contributed by atoms with van der Waals surface area (Å²) in [5.41, 5.74) is 8.23. The molecule has 0 spiro atoms. The largest absolute Gasteiger partial charge is 0.397 e. The van der Waals surface area contributed by atoms with Crippen LogP contribution in [0.25, 0.3) is 10.9 Å². The number of nitrogen functional groups attached to an aromatic ring is 1. The van der Waals surface area contributed by atoms with Crippen molar-refractivity contribution in [1.29, 1.82) is 0 Å². The van der Waals surface area contributed by atoms with Gasteiger partial charge in [0, 0.05) is 26.2 Å². The molecule has 1 aliphatic rings. The van der Waals surface area contributed by atoms with E-state index < -0.39 is 0 Å². The number of anilines is 2. The second-order valence-electron chi connectivity index (χ2n) is 4.95. The summed E-state index contributed by atoms with van der Waals surface area (Å²) >= 11 is 0. The molecule has 0 saturated carbocycles. The Morgan fingerprint density at radius 3 is 2.74 bits per heavy atom. The van der Waals surface area contributed by atoms with Crippen LogP contribution in [-0.4, -0.2) is 48.1 Å². The summed E-state index contributed by atoms with van der Waals surface area (Å²) in [6.07, 6.45) is 1.43. The Kier molecular flexibility index (Phi) is 2.87. The van der Waals surface area contributed by atoms with Gasteiger partial charge in [-0.3, -0.25) is 4.79 Å². The number of hydrogen-bond acceptors (Lipinski definition) is 5. The summed E-state index contributed by atoms with van der Waals surface area (Å²) < 4.78 is 0. The lowest BCUT2D eigenvalue weighted by molar-refractivity contribution is 0.313. The van der Waals surface area contributed by atoms with E-state index in [2.05, 4.69) is 26.8 Å². The number of aromatic amines is 1. The molecule has 3 rings (SSSR count). The molecule has 1 aromatic carbocycles. The Morgan fingerprint density at radius 1 is 1.26 bits per heavy atom. The van der Waals surface area contributed by atoms with E-state index in [9.17, 15) is 4.79 Å². The molecule has 2 aromatic rings. The lowest BCUT2D eigenvalue weighted by Crippen LogP contribution is -2.44. The van der Waals surface area contributed by atoms with Crippen molar-refractivity contribution in [2.24, 2.45) is 0 Å². The molecule has 1 saturated heterocycles. The number of rotatable bonds is 1. The first-order valence-electron chi connectivity index (χ1n) is 6.35. The van der Waals surface area contributed by atoms with Crippen molar-refractivity contribution in [3.63, 3.8) is 0 Å². The maximum atomic E-state index is 11.7. The van der Waals surface area contributed by atoms with E-state index in [0.29, 0.717) is 16.6 Å². The molecule has 6 nitrogen and oxygen atoms in total.